The smallest absolute Gasteiger partial charge is 0.270 e. The zero-order valence-corrected chi connectivity index (χ0v) is 18.0. The Kier molecular flexibility index (Phi) is 5.91. The molecule has 0 aliphatic rings. The van der Waals surface area contributed by atoms with Crippen LogP contribution in [0.1, 0.15) is 15.9 Å². The van der Waals surface area contributed by atoms with E-state index in [1.54, 1.807) is 32.4 Å². The van der Waals surface area contributed by atoms with Gasteiger partial charge >= 0.3 is 0 Å². The molecule has 2 aromatic carbocycles. The van der Waals surface area contributed by atoms with Gasteiger partial charge in [0, 0.05) is 37.3 Å². The Morgan fingerprint density at radius 1 is 1.00 bits per heavy atom. The summed E-state index contributed by atoms with van der Waals surface area (Å²) < 4.78 is 5.83. The summed E-state index contributed by atoms with van der Waals surface area (Å²) in [5.74, 6) is 0.672. The van der Waals surface area contributed by atoms with Crippen molar-refractivity contribution in [2.45, 2.75) is 6.54 Å². The van der Waals surface area contributed by atoms with Crippen molar-refractivity contribution in [1.82, 2.24) is 30.4 Å². The normalized spacial score (nSPS) is 10.8. The molecule has 2 aromatic heterocycles. The average Bonchev–Trinajstić information content (AvgIpc) is 3.30. The van der Waals surface area contributed by atoms with E-state index in [1.807, 2.05) is 43.4 Å². The van der Waals surface area contributed by atoms with Gasteiger partial charge in [-0.05, 0) is 36.9 Å². The fourth-order valence-electron chi connectivity index (χ4n) is 3.14. The standard InChI is InChI=1S/C23H23N7O2/c1-25-12-14-4-6-16(7-5-14)21-28-29-22(32-21)19-20(24)26-13-18(27-19)15-8-10-17(11-9-15)23(31)30(2)3/h4-11,13,25H,12H2,1-3H3,(H2,24,26). The van der Waals surface area contributed by atoms with Crippen LogP contribution in [0.5, 0.6) is 0 Å². The molecule has 0 atom stereocenters. The maximum absolute atomic E-state index is 12.1. The van der Waals surface area contributed by atoms with Crippen LogP contribution in [-0.4, -0.2) is 52.1 Å². The Labute approximate surface area is 185 Å². The van der Waals surface area contributed by atoms with Crippen LogP contribution in [0, 0.1) is 0 Å². The van der Waals surface area contributed by atoms with E-state index < -0.39 is 0 Å². The second-order valence-corrected chi connectivity index (χ2v) is 7.41. The Bertz CT molecular complexity index is 1230. The fourth-order valence-corrected chi connectivity index (χ4v) is 3.14. The number of nitrogens with one attached hydrogen (secondary N) is 1. The molecule has 0 aliphatic carbocycles. The second-order valence-electron chi connectivity index (χ2n) is 7.41. The number of carbonyl (C=O) groups is 1. The van der Waals surface area contributed by atoms with Gasteiger partial charge in [0.25, 0.3) is 11.8 Å². The maximum Gasteiger partial charge on any atom is 0.270 e. The molecule has 3 N–H and O–H groups in total. The predicted molar refractivity (Wildman–Crippen MR) is 121 cm³/mol. The first-order chi connectivity index (χ1) is 15.5. The molecule has 32 heavy (non-hydrogen) atoms. The maximum atomic E-state index is 12.1. The van der Waals surface area contributed by atoms with Gasteiger partial charge in [-0.3, -0.25) is 4.79 Å². The Morgan fingerprint density at radius 3 is 2.31 bits per heavy atom. The van der Waals surface area contributed by atoms with Crippen LogP contribution < -0.4 is 11.1 Å². The van der Waals surface area contributed by atoms with E-state index in [0.29, 0.717) is 22.8 Å². The third kappa shape index (κ3) is 4.33. The number of nitrogens with two attached hydrogens (primary N) is 1. The molecule has 9 nitrogen and oxygen atoms in total. The summed E-state index contributed by atoms with van der Waals surface area (Å²) in [5.41, 5.74) is 10.2. The number of rotatable bonds is 6. The van der Waals surface area contributed by atoms with E-state index >= 15 is 0 Å². The van der Waals surface area contributed by atoms with Crippen molar-refractivity contribution < 1.29 is 9.21 Å². The van der Waals surface area contributed by atoms with E-state index in [2.05, 4.69) is 25.5 Å². The van der Waals surface area contributed by atoms with Gasteiger partial charge in [-0.15, -0.1) is 10.2 Å². The zero-order chi connectivity index (χ0) is 22.7. The highest BCUT2D eigenvalue weighted by Gasteiger charge is 2.17. The molecule has 2 heterocycles. The second kappa shape index (κ2) is 8.94. The topological polar surface area (TPSA) is 123 Å². The molecular formula is C23H23N7O2. The van der Waals surface area contributed by atoms with Gasteiger partial charge in [-0.1, -0.05) is 24.3 Å². The summed E-state index contributed by atoms with van der Waals surface area (Å²) in [4.78, 5) is 22.4. The van der Waals surface area contributed by atoms with Crippen molar-refractivity contribution in [3.63, 3.8) is 0 Å². The van der Waals surface area contributed by atoms with Crippen LogP contribution in [0.3, 0.4) is 0 Å². The van der Waals surface area contributed by atoms with E-state index in [-0.39, 0.29) is 17.6 Å². The Morgan fingerprint density at radius 2 is 1.66 bits per heavy atom. The summed E-state index contributed by atoms with van der Waals surface area (Å²) in [6, 6.07) is 15.0. The Hall–Kier alpha value is -4.11. The van der Waals surface area contributed by atoms with E-state index in [1.165, 1.54) is 4.90 Å². The minimum absolute atomic E-state index is 0.0713. The van der Waals surface area contributed by atoms with Gasteiger partial charge in [-0.2, -0.15) is 0 Å². The van der Waals surface area contributed by atoms with Gasteiger partial charge in [-0.25, -0.2) is 9.97 Å². The molecule has 0 saturated heterocycles. The molecule has 0 aliphatic heterocycles. The van der Waals surface area contributed by atoms with Gasteiger partial charge in [0.15, 0.2) is 11.5 Å². The summed E-state index contributed by atoms with van der Waals surface area (Å²) in [6.07, 6.45) is 1.57. The molecule has 0 bridgehead atoms. The van der Waals surface area contributed by atoms with Crippen LogP contribution in [0.15, 0.2) is 59.1 Å². The van der Waals surface area contributed by atoms with Crippen LogP contribution in [0.25, 0.3) is 34.3 Å². The van der Waals surface area contributed by atoms with Gasteiger partial charge < -0.3 is 20.4 Å². The van der Waals surface area contributed by atoms with Gasteiger partial charge in [0.05, 0.1) is 11.9 Å². The molecular weight excluding hydrogens is 406 g/mol. The SMILES string of the molecule is CNCc1ccc(-c2nnc(-c3nc(-c4ccc(C(=O)N(C)C)cc4)cnc3N)o2)cc1. The molecule has 0 spiro atoms. The molecule has 4 aromatic rings. The monoisotopic (exact) mass is 429 g/mol. The quantitative estimate of drug-likeness (QED) is 0.480. The molecule has 4 rings (SSSR count). The number of nitrogens with zero attached hydrogens (tertiary/aromatic N) is 5. The lowest BCUT2D eigenvalue weighted by molar-refractivity contribution is 0.0827. The van der Waals surface area contributed by atoms with Crippen molar-refractivity contribution in [3.8, 4) is 34.3 Å². The number of benzene rings is 2. The first-order valence-corrected chi connectivity index (χ1v) is 9.98. The fraction of sp³-hybridized carbons (Fsp3) is 0.174. The zero-order valence-electron chi connectivity index (χ0n) is 18.0. The highest BCUT2D eigenvalue weighted by atomic mass is 16.4. The minimum atomic E-state index is -0.0713. The number of carbonyl (C=O) groups excluding carboxylic acids is 1. The lowest BCUT2D eigenvalue weighted by Crippen LogP contribution is -2.21. The van der Waals surface area contributed by atoms with Crippen molar-refractivity contribution in [2.75, 3.05) is 26.9 Å². The third-order valence-corrected chi connectivity index (χ3v) is 4.84. The van der Waals surface area contributed by atoms with Crippen molar-refractivity contribution in [2.24, 2.45) is 0 Å². The minimum Gasteiger partial charge on any atom is -0.414 e. The predicted octanol–water partition coefficient (Wildman–Crippen LogP) is 2.86. The highest BCUT2D eigenvalue weighted by Crippen LogP contribution is 2.28. The van der Waals surface area contributed by atoms with Crippen LogP contribution in [0.4, 0.5) is 5.82 Å². The number of nitrogen functional groups attached to an aromatic ring is 1. The molecule has 0 saturated carbocycles. The van der Waals surface area contributed by atoms with E-state index in [4.69, 9.17) is 10.2 Å². The third-order valence-electron chi connectivity index (χ3n) is 4.84. The van der Waals surface area contributed by atoms with Crippen molar-refractivity contribution in [3.05, 3.63) is 65.9 Å². The first kappa shape index (κ1) is 21.1. The first-order valence-electron chi connectivity index (χ1n) is 9.98. The summed E-state index contributed by atoms with van der Waals surface area (Å²) in [7, 11) is 5.32. The van der Waals surface area contributed by atoms with Crippen LogP contribution in [-0.2, 0) is 6.54 Å². The number of anilines is 1. The summed E-state index contributed by atoms with van der Waals surface area (Å²) in [5, 5.41) is 11.4. The number of amides is 1. The molecule has 162 valence electrons. The van der Waals surface area contributed by atoms with Crippen molar-refractivity contribution >= 4 is 11.7 Å². The lowest BCUT2D eigenvalue weighted by atomic mass is 10.1. The van der Waals surface area contributed by atoms with E-state index in [9.17, 15) is 4.79 Å². The average molecular weight is 429 g/mol. The molecule has 0 radical (unpaired) electrons. The largest absolute Gasteiger partial charge is 0.414 e. The number of aromatic nitrogens is 4. The molecule has 0 unspecified atom stereocenters. The molecule has 0 fully saturated rings. The van der Waals surface area contributed by atoms with Crippen LogP contribution in [0.2, 0.25) is 0 Å². The number of hydrogen-bond acceptors (Lipinski definition) is 8. The lowest BCUT2D eigenvalue weighted by Gasteiger charge is -2.10. The van der Waals surface area contributed by atoms with Crippen molar-refractivity contribution in [1.29, 1.82) is 0 Å². The van der Waals surface area contributed by atoms with Gasteiger partial charge in [0.2, 0.25) is 5.89 Å². The highest BCUT2D eigenvalue weighted by molar-refractivity contribution is 5.94. The molecule has 1 amide bonds. The Balaban J connectivity index is 1.62. The summed E-state index contributed by atoms with van der Waals surface area (Å²) in [6.45, 7) is 0.776. The van der Waals surface area contributed by atoms with Gasteiger partial charge in [0.1, 0.15) is 0 Å². The molecule has 9 heteroatoms. The van der Waals surface area contributed by atoms with Crippen LogP contribution >= 0.6 is 0 Å². The van der Waals surface area contributed by atoms with E-state index in [0.717, 1.165) is 23.2 Å². The summed E-state index contributed by atoms with van der Waals surface area (Å²) >= 11 is 0. The number of hydrogen-bond donors (Lipinski definition) is 2.